The van der Waals surface area contributed by atoms with Gasteiger partial charge >= 0.3 is 0 Å². The van der Waals surface area contributed by atoms with Crippen molar-refractivity contribution in [1.29, 1.82) is 0 Å². The molecule has 2 heteroatoms. The number of Topliss-reactive ketones (excluding diaryl/α,β-unsaturated/α-hetero) is 1. The van der Waals surface area contributed by atoms with Crippen LogP contribution in [0, 0.1) is 31.6 Å². The quantitative estimate of drug-likeness (QED) is 0.718. The second kappa shape index (κ2) is 3.84. The molecule has 0 heterocycles. The molecule has 0 amide bonds. The van der Waals surface area contributed by atoms with Crippen LogP contribution < -0.4 is 0 Å². The van der Waals surface area contributed by atoms with Gasteiger partial charge in [-0.15, -0.1) is 0 Å². The van der Waals surface area contributed by atoms with Crippen molar-refractivity contribution in [1.82, 2.24) is 0 Å². The van der Waals surface area contributed by atoms with E-state index in [0.29, 0.717) is 5.02 Å². The van der Waals surface area contributed by atoms with Crippen LogP contribution in [-0.2, 0) is 0 Å². The van der Waals surface area contributed by atoms with Gasteiger partial charge in [-0.3, -0.25) is 4.79 Å². The zero-order valence-corrected chi connectivity index (χ0v) is 11.1. The first-order valence-corrected chi connectivity index (χ1v) is 6.75. The Balaban J connectivity index is 1.88. The Morgan fingerprint density at radius 3 is 2.35 bits per heavy atom. The van der Waals surface area contributed by atoms with Crippen molar-refractivity contribution in [2.75, 3.05) is 0 Å². The molecule has 2 saturated carbocycles. The second-order valence-corrected chi connectivity index (χ2v) is 6.11. The lowest BCUT2D eigenvalue weighted by atomic mass is 9.91. The fraction of sp³-hybridized carbons (Fsp3) is 0.533. The van der Waals surface area contributed by atoms with Gasteiger partial charge in [0.2, 0.25) is 0 Å². The Morgan fingerprint density at radius 1 is 1.12 bits per heavy atom. The average Bonchev–Trinajstić information content (AvgIpc) is 2.90. The lowest BCUT2D eigenvalue weighted by molar-refractivity contribution is 0.0914. The number of rotatable bonds is 2. The smallest absolute Gasteiger partial charge is 0.167 e. The number of hydrogen-bond acceptors (Lipinski definition) is 1. The van der Waals surface area contributed by atoms with Crippen molar-refractivity contribution >= 4 is 17.4 Å². The minimum Gasteiger partial charge on any atom is -0.294 e. The molecule has 0 N–H and O–H groups in total. The Labute approximate surface area is 107 Å². The molecule has 17 heavy (non-hydrogen) atoms. The van der Waals surface area contributed by atoms with Gasteiger partial charge in [-0.2, -0.15) is 0 Å². The minimum absolute atomic E-state index is 0.235. The first kappa shape index (κ1) is 11.3. The van der Waals surface area contributed by atoms with Crippen molar-refractivity contribution in [3.8, 4) is 0 Å². The average molecular weight is 249 g/mol. The highest BCUT2D eigenvalue weighted by Crippen LogP contribution is 2.55. The molecule has 2 fully saturated rings. The van der Waals surface area contributed by atoms with Crippen molar-refractivity contribution in [3.63, 3.8) is 0 Å². The highest BCUT2D eigenvalue weighted by Gasteiger charge is 2.48. The lowest BCUT2D eigenvalue weighted by Gasteiger charge is -2.13. The van der Waals surface area contributed by atoms with E-state index in [1.165, 1.54) is 6.42 Å². The number of fused-ring (bicyclic) bond motifs is 1. The third-order valence-corrected chi connectivity index (χ3v) is 4.78. The van der Waals surface area contributed by atoms with Gasteiger partial charge in [-0.1, -0.05) is 11.6 Å². The van der Waals surface area contributed by atoms with E-state index < -0.39 is 0 Å². The summed E-state index contributed by atoms with van der Waals surface area (Å²) in [6, 6.07) is 3.88. The summed E-state index contributed by atoms with van der Waals surface area (Å²) in [6.45, 7) is 4.06. The van der Waals surface area contributed by atoms with Gasteiger partial charge in [-0.25, -0.2) is 0 Å². The fourth-order valence-electron chi connectivity index (χ4n) is 3.12. The molecule has 0 aromatic heterocycles. The van der Waals surface area contributed by atoms with Gasteiger partial charge in [0.15, 0.2) is 5.78 Å². The molecule has 2 aliphatic carbocycles. The first-order valence-electron chi connectivity index (χ1n) is 6.37. The second-order valence-electron chi connectivity index (χ2n) is 5.70. The van der Waals surface area contributed by atoms with E-state index >= 15 is 0 Å². The molecular formula is C15H17ClO. The van der Waals surface area contributed by atoms with Gasteiger partial charge in [0.25, 0.3) is 0 Å². The van der Waals surface area contributed by atoms with Crippen LogP contribution in [0.1, 0.15) is 40.7 Å². The number of ketones is 1. The van der Waals surface area contributed by atoms with Crippen molar-refractivity contribution in [3.05, 3.63) is 33.8 Å². The summed E-state index contributed by atoms with van der Waals surface area (Å²) >= 11 is 6.20. The van der Waals surface area contributed by atoms with Crippen LogP contribution in [0.5, 0.6) is 0 Å². The molecule has 3 rings (SSSR count). The summed E-state index contributed by atoms with van der Waals surface area (Å²) in [7, 11) is 0. The van der Waals surface area contributed by atoms with Crippen LogP contribution in [0.2, 0.25) is 5.02 Å². The van der Waals surface area contributed by atoms with Crippen LogP contribution in [0.4, 0.5) is 0 Å². The number of carbonyl (C=O) groups is 1. The molecule has 0 spiro atoms. The molecule has 1 aromatic rings. The predicted octanol–water partition coefficient (Wildman–Crippen LogP) is 4.19. The normalized spacial score (nSPS) is 30.2. The van der Waals surface area contributed by atoms with Gasteiger partial charge < -0.3 is 0 Å². The standard InChI is InChI=1S/C15H17ClO/c1-8-3-13(14(16)4-9(8)2)15(17)12-6-10-5-11(10)7-12/h3-4,10-12H,5-7H2,1-2H3. The zero-order chi connectivity index (χ0) is 12.2. The summed E-state index contributed by atoms with van der Waals surface area (Å²) in [5.74, 6) is 2.19. The molecule has 90 valence electrons. The molecule has 2 aliphatic rings. The first-order chi connectivity index (χ1) is 8.06. The molecule has 0 aliphatic heterocycles. The number of hydrogen-bond donors (Lipinski definition) is 0. The molecule has 2 unspecified atom stereocenters. The van der Waals surface area contributed by atoms with E-state index in [0.717, 1.165) is 41.4 Å². The summed E-state index contributed by atoms with van der Waals surface area (Å²) in [4.78, 5) is 12.4. The van der Waals surface area contributed by atoms with E-state index in [4.69, 9.17) is 11.6 Å². The highest BCUT2D eigenvalue weighted by atomic mass is 35.5. The summed E-state index contributed by atoms with van der Waals surface area (Å²) in [5.41, 5.74) is 3.04. The maximum absolute atomic E-state index is 12.4. The van der Waals surface area contributed by atoms with Crippen molar-refractivity contribution < 1.29 is 4.79 Å². The fourth-order valence-corrected chi connectivity index (χ4v) is 3.43. The predicted molar refractivity (Wildman–Crippen MR) is 69.6 cm³/mol. The largest absolute Gasteiger partial charge is 0.294 e. The molecule has 0 saturated heterocycles. The molecule has 2 atom stereocenters. The topological polar surface area (TPSA) is 17.1 Å². The Hall–Kier alpha value is -0.820. The number of benzene rings is 1. The molecule has 1 aromatic carbocycles. The molecule has 0 radical (unpaired) electrons. The Morgan fingerprint density at radius 2 is 1.71 bits per heavy atom. The molecular weight excluding hydrogens is 232 g/mol. The molecule has 0 bridgehead atoms. The zero-order valence-electron chi connectivity index (χ0n) is 10.3. The monoisotopic (exact) mass is 248 g/mol. The maximum atomic E-state index is 12.4. The Kier molecular flexibility index (Phi) is 2.55. The van der Waals surface area contributed by atoms with E-state index in [9.17, 15) is 4.79 Å². The van der Waals surface area contributed by atoms with Crippen LogP contribution in [0.3, 0.4) is 0 Å². The number of halogens is 1. The van der Waals surface area contributed by atoms with Gasteiger partial charge in [0.1, 0.15) is 0 Å². The maximum Gasteiger partial charge on any atom is 0.167 e. The summed E-state index contributed by atoms with van der Waals surface area (Å²) in [6.07, 6.45) is 3.53. The number of aryl methyl sites for hydroxylation is 2. The minimum atomic E-state index is 0.235. The van der Waals surface area contributed by atoms with Crippen LogP contribution in [-0.4, -0.2) is 5.78 Å². The summed E-state index contributed by atoms with van der Waals surface area (Å²) < 4.78 is 0. The van der Waals surface area contributed by atoms with E-state index in [1.54, 1.807) is 0 Å². The third-order valence-electron chi connectivity index (χ3n) is 4.46. The lowest BCUT2D eigenvalue weighted by Crippen LogP contribution is -2.14. The highest BCUT2D eigenvalue weighted by molar-refractivity contribution is 6.34. The van der Waals surface area contributed by atoms with Gasteiger partial charge in [0, 0.05) is 11.5 Å². The van der Waals surface area contributed by atoms with E-state index in [1.807, 2.05) is 26.0 Å². The SMILES string of the molecule is Cc1cc(Cl)c(C(=O)C2CC3CC3C2)cc1C. The van der Waals surface area contributed by atoms with E-state index in [-0.39, 0.29) is 11.7 Å². The third kappa shape index (κ3) is 1.91. The van der Waals surface area contributed by atoms with E-state index in [2.05, 4.69) is 0 Å². The molecule has 1 nitrogen and oxygen atoms in total. The van der Waals surface area contributed by atoms with Gasteiger partial charge in [-0.05, 0) is 68.2 Å². The van der Waals surface area contributed by atoms with Crippen LogP contribution in [0.15, 0.2) is 12.1 Å². The van der Waals surface area contributed by atoms with Crippen LogP contribution >= 0.6 is 11.6 Å². The van der Waals surface area contributed by atoms with Gasteiger partial charge in [0.05, 0.1) is 5.02 Å². The summed E-state index contributed by atoms with van der Waals surface area (Å²) in [5, 5.41) is 0.624. The van der Waals surface area contributed by atoms with Crippen molar-refractivity contribution in [2.24, 2.45) is 17.8 Å². The van der Waals surface area contributed by atoms with Crippen LogP contribution in [0.25, 0.3) is 0 Å². The number of carbonyl (C=O) groups excluding carboxylic acids is 1. The Bertz CT molecular complexity index is 482. The van der Waals surface area contributed by atoms with Crippen molar-refractivity contribution in [2.45, 2.75) is 33.1 Å².